The van der Waals surface area contributed by atoms with Gasteiger partial charge in [0.2, 0.25) is 5.91 Å². The molecule has 4 nitrogen and oxygen atoms in total. The summed E-state index contributed by atoms with van der Waals surface area (Å²) in [5, 5.41) is 2.72. The fourth-order valence-electron chi connectivity index (χ4n) is 1.36. The minimum Gasteiger partial charge on any atom is -0.495 e. The van der Waals surface area contributed by atoms with Crippen molar-refractivity contribution in [2.24, 2.45) is 5.73 Å². The van der Waals surface area contributed by atoms with Crippen molar-refractivity contribution in [3.05, 3.63) is 23.8 Å². The van der Waals surface area contributed by atoms with E-state index in [-0.39, 0.29) is 5.91 Å². The Morgan fingerprint density at radius 2 is 2.27 bits per heavy atom. The van der Waals surface area contributed by atoms with E-state index in [1.54, 1.807) is 7.11 Å². The summed E-state index contributed by atoms with van der Waals surface area (Å²) >= 11 is 0. The molecular formula is C11H16N2O2. The van der Waals surface area contributed by atoms with Gasteiger partial charge in [-0.2, -0.15) is 0 Å². The summed E-state index contributed by atoms with van der Waals surface area (Å²) in [6.45, 7) is 2.06. The van der Waals surface area contributed by atoms with Gasteiger partial charge in [-0.05, 0) is 30.7 Å². The molecule has 1 rings (SSSR count). The summed E-state index contributed by atoms with van der Waals surface area (Å²) < 4.78 is 5.13. The first kappa shape index (κ1) is 11.5. The molecule has 0 saturated carbocycles. The third-order valence-electron chi connectivity index (χ3n) is 2.01. The number of rotatable bonds is 4. The maximum atomic E-state index is 11.0. The van der Waals surface area contributed by atoms with Crippen LogP contribution in [0.2, 0.25) is 0 Å². The summed E-state index contributed by atoms with van der Waals surface area (Å²) in [5.74, 6) is 0.546. The average molecular weight is 208 g/mol. The van der Waals surface area contributed by atoms with Crippen LogP contribution in [0, 0.1) is 0 Å². The number of amides is 1. The predicted octanol–water partition coefficient (Wildman–Crippen LogP) is 1.15. The minimum atomic E-state index is -0.113. The van der Waals surface area contributed by atoms with Crippen LogP contribution < -0.4 is 15.8 Å². The lowest BCUT2D eigenvalue weighted by atomic mass is 10.1. The van der Waals surface area contributed by atoms with Crippen LogP contribution in [-0.4, -0.2) is 19.6 Å². The first-order valence-corrected chi connectivity index (χ1v) is 4.82. The van der Waals surface area contributed by atoms with E-state index < -0.39 is 0 Å². The molecule has 0 spiro atoms. The molecule has 1 aromatic carbocycles. The van der Waals surface area contributed by atoms with Gasteiger partial charge in [0, 0.05) is 6.92 Å². The van der Waals surface area contributed by atoms with Crippen molar-refractivity contribution in [1.82, 2.24) is 0 Å². The molecule has 0 aliphatic carbocycles. The van der Waals surface area contributed by atoms with Crippen molar-refractivity contribution in [2.75, 3.05) is 19.0 Å². The maximum absolute atomic E-state index is 11.0. The number of anilines is 1. The number of benzene rings is 1. The SMILES string of the molecule is COc1ccc(CCN)cc1NC(C)=O. The number of hydrogen-bond acceptors (Lipinski definition) is 3. The van der Waals surface area contributed by atoms with E-state index in [9.17, 15) is 4.79 Å². The third-order valence-corrected chi connectivity index (χ3v) is 2.01. The number of methoxy groups -OCH3 is 1. The number of hydrogen-bond donors (Lipinski definition) is 2. The molecule has 0 fully saturated rings. The first-order chi connectivity index (χ1) is 7.17. The lowest BCUT2D eigenvalue weighted by Gasteiger charge is -2.10. The first-order valence-electron chi connectivity index (χ1n) is 4.82. The highest BCUT2D eigenvalue weighted by atomic mass is 16.5. The Balaban J connectivity index is 2.96. The van der Waals surface area contributed by atoms with Crippen LogP contribution in [0.1, 0.15) is 12.5 Å². The summed E-state index contributed by atoms with van der Waals surface area (Å²) in [6.07, 6.45) is 0.788. The monoisotopic (exact) mass is 208 g/mol. The zero-order valence-electron chi connectivity index (χ0n) is 9.04. The number of nitrogens with two attached hydrogens (primary N) is 1. The molecule has 0 aromatic heterocycles. The Hall–Kier alpha value is -1.55. The average Bonchev–Trinajstić information content (AvgIpc) is 2.18. The highest BCUT2D eigenvalue weighted by molar-refractivity contribution is 5.90. The predicted molar refractivity (Wildman–Crippen MR) is 60.1 cm³/mol. The molecule has 0 atom stereocenters. The quantitative estimate of drug-likeness (QED) is 0.780. The standard InChI is InChI=1S/C11H16N2O2/c1-8(14)13-10-7-9(5-6-12)3-4-11(10)15-2/h3-4,7H,5-6,12H2,1-2H3,(H,13,14). The summed E-state index contributed by atoms with van der Waals surface area (Å²) in [5.41, 5.74) is 7.24. The Morgan fingerprint density at radius 3 is 2.80 bits per heavy atom. The van der Waals surface area contributed by atoms with E-state index in [1.807, 2.05) is 18.2 Å². The number of carbonyl (C=O) groups is 1. The molecule has 0 heterocycles. The van der Waals surface area contributed by atoms with E-state index in [0.717, 1.165) is 12.0 Å². The zero-order valence-corrected chi connectivity index (χ0v) is 9.04. The fourth-order valence-corrected chi connectivity index (χ4v) is 1.36. The molecule has 1 amide bonds. The third kappa shape index (κ3) is 3.25. The lowest BCUT2D eigenvalue weighted by molar-refractivity contribution is -0.114. The van der Waals surface area contributed by atoms with Gasteiger partial charge in [-0.15, -0.1) is 0 Å². The van der Waals surface area contributed by atoms with Crippen molar-refractivity contribution in [3.8, 4) is 5.75 Å². The van der Waals surface area contributed by atoms with Crippen LogP contribution in [0.15, 0.2) is 18.2 Å². The molecule has 0 aliphatic heterocycles. The van der Waals surface area contributed by atoms with E-state index >= 15 is 0 Å². The fraction of sp³-hybridized carbons (Fsp3) is 0.364. The zero-order chi connectivity index (χ0) is 11.3. The van der Waals surface area contributed by atoms with Gasteiger partial charge in [-0.3, -0.25) is 4.79 Å². The molecule has 0 unspecified atom stereocenters. The van der Waals surface area contributed by atoms with Crippen LogP contribution in [-0.2, 0) is 11.2 Å². The summed E-state index contributed by atoms with van der Waals surface area (Å²) in [4.78, 5) is 11.0. The van der Waals surface area contributed by atoms with Crippen molar-refractivity contribution in [1.29, 1.82) is 0 Å². The second-order valence-corrected chi connectivity index (χ2v) is 3.25. The molecule has 3 N–H and O–H groups in total. The second-order valence-electron chi connectivity index (χ2n) is 3.25. The van der Waals surface area contributed by atoms with Gasteiger partial charge < -0.3 is 15.8 Å². The molecule has 15 heavy (non-hydrogen) atoms. The van der Waals surface area contributed by atoms with Gasteiger partial charge in [0.25, 0.3) is 0 Å². The highest BCUT2D eigenvalue weighted by Crippen LogP contribution is 2.25. The minimum absolute atomic E-state index is 0.113. The summed E-state index contributed by atoms with van der Waals surface area (Å²) in [7, 11) is 1.57. The van der Waals surface area contributed by atoms with E-state index in [4.69, 9.17) is 10.5 Å². The maximum Gasteiger partial charge on any atom is 0.221 e. The lowest BCUT2D eigenvalue weighted by Crippen LogP contribution is -2.08. The van der Waals surface area contributed by atoms with Crippen molar-refractivity contribution in [2.45, 2.75) is 13.3 Å². The molecule has 0 bridgehead atoms. The number of nitrogens with one attached hydrogen (secondary N) is 1. The molecule has 1 aromatic rings. The largest absolute Gasteiger partial charge is 0.495 e. The smallest absolute Gasteiger partial charge is 0.221 e. The normalized spacial score (nSPS) is 9.80. The molecule has 4 heteroatoms. The van der Waals surface area contributed by atoms with Crippen LogP contribution in [0.25, 0.3) is 0 Å². The second kappa shape index (κ2) is 5.36. The Labute approximate surface area is 89.4 Å². The number of ether oxygens (including phenoxy) is 1. The van der Waals surface area contributed by atoms with Gasteiger partial charge in [0.15, 0.2) is 0 Å². The Bertz CT molecular complexity index is 350. The molecular weight excluding hydrogens is 192 g/mol. The van der Waals surface area contributed by atoms with E-state index in [0.29, 0.717) is 18.0 Å². The van der Waals surface area contributed by atoms with Gasteiger partial charge in [-0.25, -0.2) is 0 Å². The van der Waals surface area contributed by atoms with Crippen molar-refractivity contribution < 1.29 is 9.53 Å². The van der Waals surface area contributed by atoms with E-state index in [2.05, 4.69) is 5.32 Å². The molecule has 0 saturated heterocycles. The molecule has 0 radical (unpaired) electrons. The highest BCUT2D eigenvalue weighted by Gasteiger charge is 2.05. The van der Waals surface area contributed by atoms with Gasteiger partial charge in [0.05, 0.1) is 12.8 Å². The topological polar surface area (TPSA) is 64.3 Å². The van der Waals surface area contributed by atoms with Crippen LogP contribution in [0.3, 0.4) is 0 Å². The Kier molecular flexibility index (Phi) is 4.12. The Morgan fingerprint density at radius 1 is 1.53 bits per heavy atom. The van der Waals surface area contributed by atoms with Crippen LogP contribution in [0.5, 0.6) is 5.75 Å². The molecule has 82 valence electrons. The van der Waals surface area contributed by atoms with Gasteiger partial charge in [-0.1, -0.05) is 6.07 Å². The van der Waals surface area contributed by atoms with Crippen molar-refractivity contribution in [3.63, 3.8) is 0 Å². The molecule has 0 aliphatic rings. The number of carbonyl (C=O) groups excluding carboxylic acids is 1. The van der Waals surface area contributed by atoms with Crippen LogP contribution >= 0.6 is 0 Å². The van der Waals surface area contributed by atoms with Gasteiger partial charge in [0.1, 0.15) is 5.75 Å². The van der Waals surface area contributed by atoms with Gasteiger partial charge >= 0.3 is 0 Å². The summed E-state index contributed by atoms with van der Waals surface area (Å²) in [6, 6.07) is 5.65. The van der Waals surface area contributed by atoms with Crippen LogP contribution in [0.4, 0.5) is 5.69 Å². The van der Waals surface area contributed by atoms with E-state index in [1.165, 1.54) is 6.92 Å². The van der Waals surface area contributed by atoms with Crippen molar-refractivity contribution >= 4 is 11.6 Å².